The van der Waals surface area contributed by atoms with E-state index in [9.17, 15) is 4.79 Å². The van der Waals surface area contributed by atoms with Gasteiger partial charge < -0.3 is 5.32 Å². The molecule has 3 aromatic heterocycles. The number of H-pyrrole nitrogens is 1. The summed E-state index contributed by atoms with van der Waals surface area (Å²) in [5, 5.41) is 11.1. The van der Waals surface area contributed by atoms with Crippen molar-refractivity contribution in [2.45, 2.75) is 5.16 Å². The zero-order chi connectivity index (χ0) is 17.4. The van der Waals surface area contributed by atoms with Gasteiger partial charge in [-0.05, 0) is 18.2 Å². The minimum Gasteiger partial charge on any atom is -0.309 e. The van der Waals surface area contributed by atoms with Crippen molar-refractivity contribution < 1.29 is 4.79 Å². The maximum atomic E-state index is 12.2. The second kappa shape index (κ2) is 6.55. The Balaban J connectivity index is 1.51. The molecule has 0 aliphatic heterocycles. The summed E-state index contributed by atoms with van der Waals surface area (Å²) in [6.07, 6.45) is 1.42. The molecule has 0 saturated heterocycles. The van der Waals surface area contributed by atoms with E-state index in [1.54, 1.807) is 0 Å². The Morgan fingerprint density at radius 3 is 3.00 bits per heavy atom. The molecule has 0 bridgehead atoms. The lowest BCUT2D eigenvalue weighted by atomic mass is 10.3. The highest BCUT2D eigenvalue weighted by molar-refractivity contribution is 7.99. The maximum Gasteiger partial charge on any atom is 0.236 e. The van der Waals surface area contributed by atoms with Crippen molar-refractivity contribution in [1.82, 2.24) is 24.6 Å². The molecule has 7 nitrogen and oxygen atoms in total. The number of rotatable bonds is 4. The third-order valence-corrected chi connectivity index (χ3v) is 4.84. The summed E-state index contributed by atoms with van der Waals surface area (Å²) in [6.45, 7) is 0. The topological polar surface area (TPSA) is 88.0 Å². The highest BCUT2D eigenvalue weighted by atomic mass is 35.5. The lowest BCUT2D eigenvalue weighted by Gasteiger charge is -2.05. The van der Waals surface area contributed by atoms with Crippen molar-refractivity contribution in [2.75, 3.05) is 11.1 Å². The third-order valence-electron chi connectivity index (χ3n) is 3.40. The number of nitrogens with one attached hydrogen (secondary N) is 2. The lowest BCUT2D eigenvalue weighted by Crippen LogP contribution is -2.15. The van der Waals surface area contributed by atoms with E-state index in [-0.39, 0.29) is 22.5 Å². The first-order valence-electron chi connectivity index (χ1n) is 7.17. The molecule has 0 aliphatic rings. The Morgan fingerprint density at radius 1 is 1.32 bits per heavy atom. The van der Waals surface area contributed by atoms with Gasteiger partial charge >= 0.3 is 0 Å². The number of para-hydroxylation sites is 2. The highest BCUT2D eigenvalue weighted by Crippen LogP contribution is 2.25. The summed E-state index contributed by atoms with van der Waals surface area (Å²) in [6, 6.07) is 9.25. The SMILES string of the molecule is O=C(CSc1n[nH]c2nc3ccccc3n12)Nc1ncc(Cl)cc1Cl. The Hall–Kier alpha value is -2.29. The van der Waals surface area contributed by atoms with Crippen molar-refractivity contribution >= 4 is 63.5 Å². The summed E-state index contributed by atoms with van der Waals surface area (Å²) in [5.41, 5.74) is 1.79. The first-order chi connectivity index (χ1) is 12.1. The molecule has 25 heavy (non-hydrogen) atoms. The molecule has 0 unspecified atom stereocenters. The minimum absolute atomic E-state index is 0.146. The number of anilines is 1. The van der Waals surface area contributed by atoms with Crippen molar-refractivity contribution in [1.29, 1.82) is 0 Å². The number of carbonyl (C=O) groups is 1. The molecule has 1 amide bonds. The predicted molar refractivity (Wildman–Crippen MR) is 98.5 cm³/mol. The fraction of sp³-hybridized carbons (Fsp3) is 0.0667. The summed E-state index contributed by atoms with van der Waals surface area (Å²) >= 11 is 13.1. The Bertz CT molecular complexity index is 1090. The molecule has 0 radical (unpaired) electrons. The van der Waals surface area contributed by atoms with Crippen LogP contribution in [0.5, 0.6) is 0 Å². The molecule has 4 rings (SSSR count). The Kier molecular flexibility index (Phi) is 4.24. The largest absolute Gasteiger partial charge is 0.309 e. The number of imidazole rings is 1. The normalized spacial score (nSPS) is 11.3. The standard InChI is InChI=1S/C15H10Cl2N6OS/c16-8-5-9(17)13(18-6-8)20-12(24)7-25-15-22-21-14-19-10-3-1-2-4-11(10)23(14)15/h1-6H,7H2,(H,19,21)(H,18,20,24). The second-order valence-electron chi connectivity index (χ2n) is 5.09. The molecular weight excluding hydrogens is 383 g/mol. The number of fused-ring (bicyclic) bond motifs is 3. The van der Waals surface area contributed by atoms with Crippen LogP contribution in [0.3, 0.4) is 0 Å². The van der Waals surface area contributed by atoms with E-state index < -0.39 is 0 Å². The van der Waals surface area contributed by atoms with Crippen LogP contribution in [0.15, 0.2) is 41.7 Å². The first-order valence-corrected chi connectivity index (χ1v) is 8.91. The quantitative estimate of drug-likeness (QED) is 0.517. The van der Waals surface area contributed by atoms with Crippen LogP contribution in [-0.2, 0) is 4.79 Å². The van der Waals surface area contributed by atoms with E-state index in [1.165, 1.54) is 24.0 Å². The van der Waals surface area contributed by atoms with Crippen molar-refractivity contribution in [3.05, 3.63) is 46.6 Å². The van der Waals surface area contributed by atoms with Crippen LogP contribution in [-0.4, -0.2) is 36.2 Å². The molecule has 0 saturated carbocycles. The van der Waals surface area contributed by atoms with Crippen LogP contribution in [0.2, 0.25) is 10.0 Å². The fourth-order valence-electron chi connectivity index (χ4n) is 2.34. The number of aromatic nitrogens is 5. The number of hydrogen-bond acceptors (Lipinski definition) is 5. The van der Waals surface area contributed by atoms with Gasteiger partial charge in [0.1, 0.15) is 0 Å². The zero-order valence-corrected chi connectivity index (χ0v) is 14.9. The second-order valence-corrected chi connectivity index (χ2v) is 6.87. The van der Waals surface area contributed by atoms with Crippen LogP contribution in [0.25, 0.3) is 16.8 Å². The molecule has 0 fully saturated rings. The summed E-state index contributed by atoms with van der Waals surface area (Å²) in [4.78, 5) is 20.6. The Labute approximate surface area is 155 Å². The predicted octanol–water partition coefficient (Wildman–Crippen LogP) is 3.64. The van der Waals surface area contributed by atoms with Crippen LogP contribution >= 0.6 is 35.0 Å². The number of halogens is 2. The van der Waals surface area contributed by atoms with E-state index in [2.05, 4.69) is 25.5 Å². The molecule has 4 aromatic rings. The van der Waals surface area contributed by atoms with Gasteiger partial charge in [0.05, 0.1) is 26.8 Å². The van der Waals surface area contributed by atoms with Crippen molar-refractivity contribution in [2.24, 2.45) is 0 Å². The highest BCUT2D eigenvalue weighted by Gasteiger charge is 2.14. The molecule has 126 valence electrons. The van der Waals surface area contributed by atoms with Gasteiger partial charge in [-0.25, -0.2) is 15.1 Å². The number of carbonyl (C=O) groups excluding carboxylic acids is 1. The van der Waals surface area contributed by atoms with Crippen molar-refractivity contribution in [3.8, 4) is 0 Å². The number of nitrogens with zero attached hydrogens (tertiary/aromatic N) is 4. The van der Waals surface area contributed by atoms with Gasteiger partial charge in [0, 0.05) is 6.20 Å². The minimum atomic E-state index is -0.248. The summed E-state index contributed by atoms with van der Waals surface area (Å²) < 4.78 is 1.88. The van der Waals surface area contributed by atoms with E-state index >= 15 is 0 Å². The van der Waals surface area contributed by atoms with Crippen LogP contribution < -0.4 is 5.32 Å². The smallest absolute Gasteiger partial charge is 0.236 e. The van der Waals surface area contributed by atoms with Gasteiger partial charge in [0.15, 0.2) is 11.0 Å². The molecule has 0 aliphatic carbocycles. The number of aromatic amines is 1. The number of benzene rings is 1. The number of hydrogen-bond donors (Lipinski definition) is 2. The summed E-state index contributed by atoms with van der Waals surface area (Å²) in [7, 11) is 0. The number of amides is 1. The van der Waals surface area contributed by atoms with E-state index in [1.807, 2.05) is 28.7 Å². The third kappa shape index (κ3) is 3.15. The van der Waals surface area contributed by atoms with Crippen LogP contribution in [0.1, 0.15) is 0 Å². The fourth-order valence-corrected chi connectivity index (χ4v) is 3.53. The van der Waals surface area contributed by atoms with Crippen LogP contribution in [0.4, 0.5) is 5.82 Å². The number of pyridine rings is 1. The van der Waals surface area contributed by atoms with Gasteiger partial charge in [0.25, 0.3) is 0 Å². The molecule has 0 atom stereocenters. The van der Waals surface area contributed by atoms with Gasteiger partial charge in [0.2, 0.25) is 11.7 Å². The van der Waals surface area contributed by atoms with E-state index in [0.717, 1.165) is 11.0 Å². The number of thioether (sulfide) groups is 1. The average molecular weight is 393 g/mol. The monoisotopic (exact) mass is 392 g/mol. The van der Waals surface area contributed by atoms with Crippen LogP contribution in [0, 0.1) is 0 Å². The average Bonchev–Trinajstić information content (AvgIpc) is 3.15. The molecule has 2 N–H and O–H groups in total. The van der Waals surface area contributed by atoms with Gasteiger partial charge in [-0.2, -0.15) is 0 Å². The summed E-state index contributed by atoms with van der Waals surface area (Å²) in [5.74, 6) is 0.804. The van der Waals surface area contributed by atoms with Gasteiger partial charge in [-0.3, -0.25) is 9.20 Å². The molecule has 10 heteroatoms. The van der Waals surface area contributed by atoms with E-state index in [0.29, 0.717) is 16.0 Å². The van der Waals surface area contributed by atoms with Gasteiger partial charge in [-0.15, -0.1) is 5.10 Å². The molecule has 3 heterocycles. The maximum absolute atomic E-state index is 12.2. The zero-order valence-electron chi connectivity index (χ0n) is 12.5. The Morgan fingerprint density at radius 2 is 2.16 bits per heavy atom. The van der Waals surface area contributed by atoms with Gasteiger partial charge in [-0.1, -0.05) is 47.1 Å². The molecular formula is C15H10Cl2N6OS. The molecule has 0 spiro atoms. The molecule has 1 aromatic carbocycles. The van der Waals surface area contributed by atoms with Crippen molar-refractivity contribution in [3.63, 3.8) is 0 Å². The van der Waals surface area contributed by atoms with E-state index in [4.69, 9.17) is 23.2 Å². The lowest BCUT2D eigenvalue weighted by molar-refractivity contribution is -0.113. The first kappa shape index (κ1) is 16.2.